The van der Waals surface area contributed by atoms with Crippen LogP contribution < -0.4 is 5.32 Å². The molecule has 112 valence electrons. The van der Waals surface area contributed by atoms with E-state index in [4.69, 9.17) is 16.1 Å². The van der Waals surface area contributed by atoms with Crippen LogP contribution in [0.1, 0.15) is 38.5 Å². The average Bonchev–Trinajstić information content (AvgIpc) is 2.96. The first-order valence-corrected chi connectivity index (χ1v) is 7.92. The SMILES string of the molecule is CC1CCCCC1NCc1nc(-c2ccc(Cl)cc2)no1. The van der Waals surface area contributed by atoms with Gasteiger partial charge in [0.25, 0.3) is 0 Å². The van der Waals surface area contributed by atoms with Crippen molar-refractivity contribution in [3.05, 3.63) is 35.2 Å². The first-order valence-electron chi connectivity index (χ1n) is 7.54. The lowest BCUT2D eigenvalue weighted by atomic mass is 9.86. The zero-order valence-corrected chi connectivity index (χ0v) is 12.9. The fraction of sp³-hybridized carbons (Fsp3) is 0.500. The van der Waals surface area contributed by atoms with E-state index in [9.17, 15) is 0 Å². The minimum Gasteiger partial charge on any atom is -0.338 e. The van der Waals surface area contributed by atoms with Gasteiger partial charge in [-0.2, -0.15) is 4.98 Å². The smallest absolute Gasteiger partial charge is 0.240 e. The van der Waals surface area contributed by atoms with Crippen molar-refractivity contribution in [3.63, 3.8) is 0 Å². The maximum Gasteiger partial charge on any atom is 0.240 e. The van der Waals surface area contributed by atoms with Crippen LogP contribution in [-0.2, 0) is 6.54 Å². The number of benzene rings is 1. The molecule has 0 spiro atoms. The van der Waals surface area contributed by atoms with Crippen LogP contribution in [0, 0.1) is 5.92 Å². The summed E-state index contributed by atoms with van der Waals surface area (Å²) in [6.07, 6.45) is 5.19. The zero-order valence-electron chi connectivity index (χ0n) is 12.2. The summed E-state index contributed by atoms with van der Waals surface area (Å²) in [5.41, 5.74) is 0.917. The van der Waals surface area contributed by atoms with Crippen LogP contribution >= 0.6 is 11.6 Å². The minimum atomic E-state index is 0.560. The van der Waals surface area contributed by atoms with Gasteiger partial charge < -0.3 is 9.84 Å². The Morgan fingerprint density at radius 1 is 1.24 bits per heavy atom. The van der Waals surface area contributed by atoms with Crippen molar-refractivity contribution in [2.24, 2.45) is 5.92 Å². The highest BCUT2D eigenvalue weighted by Gasteiger charge is 2.21. The van der Waals surface area contributed by atoms with Crippen LogP contribution in [0.4, 0.5) is 0 Å². The molecule has 0 bridgehead atoms. The van der Waals surface area contributed by atoms with Gasteiger partial charge in [0.15, 0.2) is 0 Å². The Bertz CT molecular complexity index is 581. The number of nitrogens with one attached hydrogen (secondary N) is 1. The number of hydrogen-bond acceptors (Lipinski definition) is 4. The maximum absolute atomic E-state index is 5.88. The number of hydrogen-bond donors (Lipinski definition) is 1. The first-order chi connectivity index (χ1) is 10.2. The Kier molecular flexibility index (Phi) is 4.56. The molecule has 2 aromatic rings. The summed E-state index contributed by atoms with van der Waals surface area (Å²) in [6.45, 7) is 2.94. The molecule has 21 heavy (non-hydrogen) atoms. The van der Waals surface area contributed by atoms with Crippen LogP contribution in [0.25, 0.3) is 11.4 Å². The van der Waals surface area contributed by atoms with Crippen molar-refractivity contribution >= 4 is 11.6 Å². The van der Waals surface area contributed by atoms with Gasteiger partial charge in [0, 0.05) is 16.6 Å². The Balaban J connectivity index is 1.61. The van der Waals surface area contributed by atoms with Gasteiger partial charge in [0.05, 0.1) is 6.54 Å². The van der Waals surface area contributed by atoms with E-state index < -0.39 is 0 Å². The average molecular weight is 306 g/mol. The van der Waals surface area contributed by atoms with E-state index in [1.807, 2.05) is 24.3 Å². The van der Waals surface area contributed by atoms with Crippen LogP contribution in [0.5, 0.6) is 0 Å². The molecule has 2 unspecified atom stereocenters. The zero-order chi connectivity index (χ0) is 14.7. The Morgan fingerprint density at radius 2 is 2.00 bits per heavy atom. The van der Waals surface area contributed by atoms with Gasteiger partial charge in [-0.15, -0.1) is 0 Å². The summed E-state index contributed by atoms with van der Waals surface area (Å²) in [7, 11) is 0. The lowest BCUT2D eigenvalue weighted by molar-refractivity contribution is 0.265. The Morgan fingerprint density at radius 3 is 2.76 bits per heavy atom. The van der Waals surface area contributed by atoms with Crippen molar-refractivity contribution in [1.29, 1.82) is 0 Å². The molecule has 1 fully saturated rings. The fourth-order valence-electron chi connectivity index (χ4n) is 2.88. The highest BCUT2D eigenvalue weighted by Crippen LogP contribution is 2.24. The second kappa shape index (κ2) is 6.58. The molecule has 1 aromatic carbocycles. The molecule has 2 atom stereocenters. The molecule has 1 saturated carbocycles. The minimum absolute atomic E-state index is 0.560. The third kappa shape index (κ3) is 3.63. The molecule has 4 nitrogen and oxygen atoms in total. The maximum atomic E-state index is 5.88. The van der Waals surface area contributed by atoms with E-state index >= 15 is 0 Å². The molecular weight excluding hydrogens is 286 g/mol. The molecule has 5 heteroatoms. The molecule has 3 rings (SSSR count). The molecule has 1 aliphatic rings. The largest absolute Gasteiger partial charge is 0.338 e. The summed E-state index contributed by atoms with van der Waals surface area (Å²) >= 11 is 5.88. The molecule has 1 heterocycles. The highest BCUT2D eigenvalue weighted by atomic mass is 35.5. The molecule has 0 saturated heterocycles. The number of aromatic nitrogens is 2. The predicted octanol–water partition coefficient (Wildman–Crippen LogP) is 4.06. The summed E-state index contributed by atoms with van der Waals surface area (Å²) < 4.78 is 5.32. The van der Waals surface area contributed by atoms with Gasteiger partial charge in [0.2, 0.25) is 11.7 Å². The van der Waals surface area contributed by atoms with Gasteiger partial charge in [-0.1, -0.05) is 36.5 Å². The van der Waals surface area contributed by atoms with Crippen molar-refractivity contribution in [2.45, 2.75) is 45.2 Å². The third-order valence-electron chi connectivity index (χ3n) is 4.20. The van der Waals surface area contributed by atoms with E-state index in [0.717, 1.165) is 11.5 Å². The number of rotatable bonds is 4. The standard InChI is InChI=1S/C16H20ClN3O/c1-11-4-2-3-5-14(11)18-10-15-19-16(20-21-15)12-6-8-13(17)9-7-12/h6-9,11,14,18H,2-5,10H2,1H3. The van der Waals surface area contributed by atoms with Crippen LogP contribution in [-0.4, -0.2) is 16.2 Å². The van der Waals surface area contributed by atoms with Crippen molar-refractivity contribution in [2.75, 3.05) is 0 Å². The van der Waals surface area contributed by atoms with Gasteiger partial charge in [0.1, 0.15) is 0 Å². The van der Waals surface area contributed by atoms with Gasteiger partial charge in [-0.05, 0) is 43.0 Å². The van der Waals surface area contributed by atoms with Crippen molar-refractivity contribution in [1.82, 2.24) is 15.5 Å². The van der Waals surface area contributed by atoms with E-state index in [2.05, 4.69) is 22.4 Å². The quantitative estimate of drug-likeness (QED) is 0.925. The van der Waals surface area contributed by atoms with E-state index in [-0.39, 0.29) is 0 Å². The molecule has 0 aliphatic heterocycles. The Hall–Kier alpha value is -1.39. The number of nitrogens with zero attached hydrogens (tertiary/aromatic N) is 2. The Labute approximate surface area is 129 Å². The predicted molar refractivity (Wildman–Crippen MR) is 83.0 cm³/mol. The van der Waals surface area contributed by atoms with Gasteiger partial charge >= 0.3 is 0 Å². The topological polar surface area (TPSA) is 51.0 Å². The van der Waals surface area contributed by atoms with E-state index in [1.165, 1.54) is 25.7 Å². The lowest BCUT2D eigenvalue weighted by Crippen LogP contribution is -2.36. The van der Waals surface area contributed by atoms with Crippen molar-refractivity contribution < 1.29 is 4.52 Å². The molecule has 1 N–H and O–H groups in total. The summed E-state index contributed by atoms with van der Waals surface area (Å²) in [5, 5.41) is 8.28. The highest BCUT2D eigenvalue weighted by molar-refractivity contribution is 6.30. The molecule has 1 aromatic heterocycles. The molecule has 0 amide bonds. The monoisotopic (exact) mass is 305 g/mol. The van der Waals surface area contributed by atoms with Gasteiger partial charge in [-0.25, -0.2) is 0 Å². The molecular formula is C16H20ClN3O. The fourth-order valence-corrected chi connectivity index (χ4v) is 3.01. The second-order valence-electron chi connectivity index (χ2n) is 5.77. The summed E-state index contributed by atoms with van der Waals surface area (Å²) in [4.78, 5) is 4.44. The van der Waals surface area contributed by atoms with Crippen LogP contribution in [0.2, 0.25) is 5.02 Å². The van der Waals surface area contributed by atoms with Crippen LogP contribution in [0.15, 0.2) is 28.8 Å². The number of halogens is 1. The van der Waals surface area contributed by atoms with Crippen molar-refractivity contribution in [3.8, 4) is 11.4 Å². The first kappa shape index (κ1) is 14.5. The molecule has 1 aliphatic carbocycles. The van der Waals surface area contributed by atoms with Gasteiger partial charge in [-0.3, -0.25) is 0 Å². The van der Waals surface area contributed by atoms with E-state index in [1.54, 1.807) is 0 Å². The third-order valence-corrected chi connectivity index (χ3v) is 4.45. The second-order valence-corrected chi connectivity index (χ2v) is 6.20. The summed E-state index contributed by atoms with van der Waals surface area (Å²) in [5.74, 6) is 1.97. The molecule has 0 radical (unpaired) electrons. The normalized spacial score (nSPS) is 22.4. The lowest BCUT2D eigenvalue weighted by Gasteiger charge is -2.29. The summed E-state index contributed by atoms with van der Waals surface area (Å²) in [6, 6.07) is 8.01. The van der Waals surface area contributed by atoms with E-state index in [0.29, 0.717) is 29.3 Å². The van der Waals surface area contributed by atoms with Crippen LogP contribution in [0.3, 0.4) is 0 Å².